The van der Waals surface area contributed by atoms with Gasteiger partial charge in [-0.25, -0.2) is 4.57 Å². The standard InChI is InChI=1S/C22H47O6P/c1-2-3-4-5-6-7-8-9-10-11-12-13-14-15-16-17-18-26-19-20-27-21-22-28-29(23,24)25/h2-22H2,1H3,(H2,23,24,25). The van der Waals surface area contributed by atoms with Crippen LogP contribution in [0, 0.1) is 0 Å². The van der Waals surface area contributed by atoms with Crippen LogP contribution in [0.1, 0.15) is 110 Å². The van der Waals surface area contributed by atoms with E-state index >= 15 is 0 Å². The molecule has 0 radical (unpaired) electrons. The van der Waals surface area contributed by atoms with Gasteiger partial charge in [0.05, 0.1) is 26.4 Å². The van der Waals surface area contributed by atoms with Crippen molar-refractivity contribution in [2.24, 2.45) is 0 Å². The zero-order valence-electron chi connectivity index (χ0n) is 18.8. The number of phosphoric acid groups is 1. The fourth-order valence-electron chi connectivity index (χ4n) is 3.29. The molecule has 0 amide bonds. The summed E-state index contributed by atoms with van der Waals surface area (Å²) in [5.41, 5.74) is 0. The summed E-state index contributed by atoms with van der Waals surface area (Å²) in [6.07, 6.45) is 21.8. The van der Waals surface area contributed by atoms with Gasteiger partial charge in [0.2, 0.25) is 0 Å². The first kappa shape index (κ1) is 29.0. The summed E-state index contributed by atoms with van der Waals surface area (Å²) in [5.74, 6) is 0. The number of hydrogen-bond donors (Lipinski definition) is 2. The van der Waals surface area contributed by atoms with Crippen molar-refractivity contribution in [3.05, 3.63) is 0 Å². The van der Waals surface area contributed by atoms with Gasteiger partial charge in [0, 0.05) is 6.61 Å². The van der Waals surface area contributed by atoms with Crippen molar-refractivity contribution < 1.29 is 28.3 Å². The molecule has 0 bridgehead atoms. The molecule has 0 atom stereocenters. The lowest BCUT2D eigenvalue weighted by atomic mass is 10.0. The van der Waals surface area contributed by atoms with Gasteiger partial charge in [0.25, 0.3) is 0 Å². The Morgan fingerprint density at radius 2 is 0.862 bits per heavy atom. The van der Waals surface area contributed by atoms with E-state index < -0.39 is 7.82 Å². The second-order valence-corrected chi connectivity index (χ2v) is 9.09. The molecule has 0 fully saturated rings. The van der Waals surface area contributed by atoms with E-state index in [0.29, 0.717) is 13.2 Å². The third kappa shape index (κ3) is 28.0. The Balaban J connectivity index is 3.02. The Kier molecular flexibility index (Phi) is 22.7. The van der Waals surface area contributed by atoms with Crippen molar-refractivity contribution in [3.63, 3.8) is 0 Å². The van der Waals surface area contributed by atoms with E-state index in [1.807, 2.05) is 0 Å². The van der Waals surface area contributed by atoms with Crippen molar-refractivity contribution >= 4 is 7.82 Å². The lowest BCUT2D eigenvalue weighted by Gasteiger charge is -2.07. The van der Waals surface area contributed by atoms with Crippen molar-refractivity contribution in [3.8, 4) is 0 Å². The van der Waals surface area contributed by atoms with Gasteiger partial charge in [0.1, 0.15) is 0 Å². The maximum Gasteiger partial charge on any atom is 0.469 e. The molecule has 176 valence electrons. The normalized spacial score (nSPS) is 12.0. The minimum absolute atomic E-state index is 0.108. The Labute approximate surface area is 179 Å². The zero-order chi connectivity index (χ0) is 21.5. The first-order valence-electron chi connectivity index (χ1n) is 11.9. The Hall–Kier alpha value is 0.0300. The first-order chi connectivity index (χ1) is 14.1. The minimum atomic E-state index is -4.37. The van der Waals surface area contributed by atoms with Crippen molar-refractivity contribution in [1.82, 2.24) is 0 Å². The van der Waals surface area contributed by atoms with Gasteiger partial charge in [-0.05, 0) is 6.42 Å². The van der Waals surface area contributed by atoms with Crippen molar-refractivity contribution in [2.75, 3.05) is 33.0 Å². The Morgan fingerprint density at radius 3 is 1.28 bits per heavy atom. The van der Waals surface area contributed by atoms with Gasteiger partial charge < -0.3 is 19.3 Å². The van der Waals surface area contributed by atoms with E-state index in [1.54, 1.807) is 0 Å². The summed E-state index contributed by atoms with van der Waals surface area (Å²) in [6.45, 7) is 4.01. The van der Waals surface area contributed by atoms with E-state index in [9.17, 15) is 4.57 Å². The van der Waals surface area contributed by atoms with Crippen LogP contribution in [0.25, 0.3) is 0 Å². The summed E-state index contributed by atoms with van der Waals surface area (Å²) in [4.78, 5) is 17.0. The van der Waals surface area contributed by atoms with Gasteiger partial charge in [-0.1, -0.05) is 103 Å². The van der Waals surface area contributed by atoms with Crippen LogP contribution in [0.5, 0.6) is 0 Å². The van der Waals surface area contributed by atoms with Gasteiger partial charge in [-0.2, -0.15) is 0 Å². The van der Waals surface area contributed by atoms with Gasteiger partial charge in [-0.3, -0.25) is 4.52 Å². The third-order valence-electron chi connectivity index (χ3n) is 5.00. The molecule has 7 heteroatoms. The lowest BCUT2D eigenvalue weighted by molar-refractivity contribution is 0.0312. The highest BCUT2D eigenvalue weighted by molar-refractivity contribution is 7.46. The molecule has 0 aliphatic heterocycles. The predicted octanol–water partition coefficient (Wildman–Crippen LogP) is 6.39. The van der Waals surface area contributed by atoms with Crippen molar-refractivity contribution in [1.29, 1.82) is 0 Å². The molecule has 0 aromatic heterocycles. The molecular weight excluding hydrogens is 391 g/mol. The smallest absolute Gasteiger partial charge is 0.379 e. The van der Waals surface area contributed by atoms with E-state index in [-0.39, 0.29) is 13.2 Å². The average molecular weight is 439 g/mol. The number of unbranched alkanes of at least 4 members (excludes halogenated alkanes) is 15. The van der Waals surface area contributed by atoms with E-state index in [1.165, 1.54) is 96.3 Å². The largest absolute Gasteiger partial charge is 0.469 e. The average Bonchev–Trinajstić information content (AvgIpc) is 2.67. The number of rotatable bonds is 24. The second-order valence-electron chi connectivity index (χ2n) is 7.85. The molecule has 0 saturated carbocycles. The maximum absolute atomic E-state index is 10.4. The number of ether oxygens (including phenoxy) is 2. The topological polar surface area (TPSA) is 85.2 Å². The molecular formula is C22H47O6P. The molecule has 0 unspecified atom stereocenters. The predicted molar refractivity (Wildman–Crippen MR) is 119 cm³/mol. The van der Waals surface area contributed by atoms with E-state index in [4.69, 9.17) is 19.3 Å². The van der Waals surface area contributed by atoms with Crippen LogP contribution in [0.2, 0.25) is 0 Å². The highest BCUT2D eigenvalue weighted by Gasteiger charge is 2.12. The van der Waals surface area contributed by atoms with E-state index in [2.05, 4.69) is 11.4 Å². The molecule has 0 aromatic carbocycles. The van der Waals surface area contributed by atoms with Crippen LogP contribution in [0.15, 0.2) is 0 Å². The minimum Gasteiger partial charge on any atom is -0.379 e. The second kappa shape index (κ2) is 22.7. The summed E-state index contributed by atoms with van der Waals surface area (Å²) < 4.78 is 25.4. The number of hydrogen-bond acceptors (Lipinski definition) is 4. The van der Waals surface area contributed by atoms with Crippen LogP contribution < -0.4 is 0 Å². The van der Waals surface area contributed by atoms with Crippen LogP contribution in [-0.4, -0.2) is 42.8 Å². The van der Waals surface area contributed by atoms with Gasteiger partial charge >= 0.3 is 7.82 Å². The molecule has 0 heterocycles. The highest BCUT2D eigenvalue weighted by atomic mass is 31.2. The molecule has 0 aliphatic carbocycles. The molecule has 0 aliphatic rings. The van der Waals surface area contributed by atoms with Crippen LogP contribution >= 0.6 is 7.82 Å². The molecule has 0 aromatic rings. The Bertz CT molecular complexity index is 361. The molecule has 0 saturated heterocycles. The summed E-state index contributed by atoms with van der Waals surface area (Å²) in [5, 5.41) is 0. The summed E-state index contributed by atoms with van der Waals surface area (Å²) in [7, 11) is -4.37. The van der Waals surface area contributed by atoms with Crippen LogP contribution in [0.3, 0.4) is 0 Å². The SMILES string of the molecule is CCCCCCCCCCCCCCCCCCOCCOCCOP(=O)(O)O. The monoisotopic (exact) mass is 438 g/mol. The molecule has 0 spiro atoms. The first-order valence-corrected chi connectivity index (χ1v) is 13.4. The maximum atomic E-state index is 10.4. The fourth-order valence-corrected chi connectivity index (χ4v) is 3.60. The molecule has 2 N–H and O–H groups in total. The van der Waals surface area contributed by atoms with Crippen molar-refractivity contribution in [2.45, 2.75) is 110 Å². The highest BCUT2D eigenvalue weighted by Crippen LogP contribution is 2.35. The van der Waals surface area contributed by atoms with Gasteiger partial charge in [0.15, 0.2) is 0 Å². The molecule has 6 nitrogen and oxygen atoms in total. The van der Waals surface area contributed by atoms with Gasteiger partial charge in [-0.15, -0.1) is 0 Å². The van der Waals surface area contributed by atoms with E-state index in [0.717, 1.165) is 13.0 Å². The number of phosphoric ester groups is 1. The van der Waals surface area contributed by atoms with Crippen LogP contribution in [-0.2, 0) is 18.6 Å². The quantitative estimate of drug-likeness (QED) is 0.134. The van der Waals surface area contributed by atoms with Crippen LogP contribution in [0.4, 0.5) is 0 Å². The Morgan fingerprint density at radius 1 is 0.517 bits per heavy atom. The summed E-state index contributed by atoms with van der Waals surface area (Å²) >= 11 is 0. The molecule has 0 rings (SSSR count). The zero-order valence-corrected chi connectivity index (χ0v) is 19.7. The summed E-state index contributed by atoms with van der Waals surface area (Å²) in [6, 6.07) is 0. The lowest BCUT2D eigenvalue weighted by Crippen LogP contribution is -2.09. The third-order valence-corrected chi connectivity index (χ3v) is 5.52. The fraction of sp³-hybridized carbons (Fsp3) is 1.00. The molecule has 29 heavy (non-hydrogen) atoms.